The molecule has 1 aromatic heterocycles. The predicted molar refractivity (Wildman–Crippen MR) is 75.2 cm³/mol. The molecular formula is C15H12ClNO. The molecular weight excluding hydrogens is 246 g/mol. The van der Waals surface area contributed by atoms with Crippen LogP contribution in [0.1, 0.15) is 12.5 Å². The summed E-state index contributed by atoms with van der Waals surface area (Å²) < 4.78 is 0. The molecule has 3 aromatic rings. The van der Waals surface area contributed by atoms with Gasteiger partial charge in [-0.1, -0.05) is 29.8 Å². The standard InChI is InChI=1S/C15H12ClNO/c1-9(18)6-10-7-11(16)8-13-12-4-2-3-5-14(12)17-15(10)13/h2-5,7-8,17H,6H2,1H3. The van der Waals surface area contributed by atoms with Crippen molar-refractivity contribution in [2.24, 2.45) is 0 Å². The molecule has 90 valence electrons. The summed E-state index contributed by atoms with van der Waals surface area (Å²) in [5.74, 6) is 0.136. The zero-order valence-corrected chi connectivity index (χ0v) is 10.7. The summed E-state index contributed by atoms with van der Waals surface area (Å²) in [6.07, 6.45) is 0.407. The molecule has 2 nitrogen and oxygen atoms in total. The number of para-hydroxylation sites is 1. The maximum atomic E-state index is 11.3. The molecule has 0 radical (unpaired) electrons. The van der Waals surface area contributed by atoms with Crippen LogP contribution in [0.5, 0.6) is 0 Å². The number of ketones is 1. The summed E-state index contributed by atoms with van der Waals surface area (Å²) in [5.41, 5.74) is 3.04. The minimum atomic E-state index is 0.136. The Morgan fingerprint density at radius 2 is 2.00 bits per heavy atom. The predicted octanol–water partition coefficient (Wildman–Crippen LogP) is 4.11. The fourth-order valence-corrected chi connectivity index (χ4v) is 2.63. The third kappa shape index (κ3) is 1.79. The molecule has 0 aliphatic carbocycles. The van der Waals surface area contributed by atoms with Crippen molar-refractivity contribution in [3.8, 4) is 0 Å². The van der Waals surface area contributed by atoms with Crippen molar-refractivity contribution >= 4 is 39.2 Å². The number of H-pyrrole nitrogens is 1. The molecule has 3 heteroatoms. The molecule has 0 amide bonds. The zero-order chi connectivity index (χ0) is 12.7. The van der Waals surface area contributed by atoms with E-state index in [1.807, 2.05) is 30.3 Å². The Bertz CT molecular complexity index is 758. The van der Waals surface area contributed by atoms with Gasteiger partial charge in [0.25, 0.3) is 0 Å². The Morgan fingerprint density at radius 1 is 1.22 bits per heavy atom. The van der Waals surface area contributed by atoms with Crippen LogP contribution in [0.25, 0.3) is 21.8 Å². The number of fused-ring (bicyclic) bond motifs is 3. The van der Waals surface area contributed by atoms with E-state index in [4.69, 9.17) is 11.6 Å². The highest BCUT2D eigenvalue weighted by Crippen LogP contribution is 2.30. The molecule has 0 aliphatic heterocycles. The molecule has 0 fully saturated rings. The van der Waals surface area contributed by atoms with E-state index in [9.17, 15) is 4.79 Å². The zero-order valence-electron chi connectivity index (χ0n) is 9.96. The number of carbonyl (C=O) groups excluding carboxylic acids is 1. The van der Waals surface area contributed by atoms with Crippen LogP contribution in [0.2, 0.25) is 5.02 Å². The van der Waals surface area contributed by atoms with Crippen LogP contribution in [0, 0.1) is 0 Å². The Morgan fingerprint density at radius 3 is 2.78 bits per heavy atom. The summed E-state index contributed by atoms with van der Waals surface area (Å²) in [7, 11) is 0. The van der Waals surface area contributed by atoms with Crippen LogP contribution >= 0.6 is 11.6 Å². The maximum Gasteiger partial charge on any atom is 0.134 e. The highest BCUT2D eigenvalue weighted by atomic mass is 35.5. The summed E-state index contributed by atoms with van der Waals surface area (Å²) in [6.45, 7) is 1.59. The van der Waals surface area contributed by atoms with Gasteiger partial charge < -0.3 is 4.98 Å². The first-order valence-corrected chi connectivity index (χ1v) is 6.21. The van der Waals surface area contributed by atoms with E-state index in [2.05, 4.69) is 11.1 Å². The second-order valence-corrected chi connectivity index (χ2v) is 4.97. The molecule has 0 spiro atoms. The number of aromatic nitrogens is 1. The highest BCUT2D eigenvalue weighted by molar-refractivity contribution is 6.32. The van der Waals surface area contributed by atoms with Gasteiger partial charge in [0.1, 0.15) is 5.78 Å². The SMILES string of the molecule is CC(=O)Cc1cc(Cl)cc2c1[nH]c1ccccc12. The molecule has 1 heterocycles. The van der Waals surface area contributed by atoms with Crippen LogP contribution in [-0.2, 0) is 11.2 Å². The fourth-order valence-electron chi connectivity index (χ4n) is 2.39. The van der Waals surface area contributed by atoms with Gasteiger partial charge in [-0.3, -0.25) is 4.79 Å². The average Bonchev–Trinajstić information content (AvgIpc) is 2.67. The van der Waals surface area contributed by atoms with Gasteiger partial charge in [0, 0.05) is 27.7 Å². The third-order valence-corrected chi connectivity index (χ3v) is 3.32. The Hall–Kier alpha value is -1.80. The van der Waals surface area contributed by atoms with Crippen molar-refractivity contribution in [3.63, 3.8) is 0 Å². The number of hydrogen-bond donors (Lipinski definition) is 1. The van der Waals surface area contributed by atoms with Crippen molar-refractivity contribution in [1.82, 2.24) is 4.98 Å². The molecule has 0 saturated carbocycles. The normalized spacial score (nSPS) is 11.2. The van der Waals surface area contributed by atoms with E-state index in [1.165, 1.54) is 0 Å². The van der Waals surface area contributed by atoms with E-state index in [1.54, 1.807) is 6.92 Å². The lowest BCUT2D eigenvalue weighted by atomic mass is 10.1. The van der Waals surface area contributed by atoms with Gasteiger partial charge in [0.15, 0.2) is 0 Å². The quantitative estimate of drug-likeness (QED) is 0.736. The van der Waals surface area contributed by atoms with E-state index in [0.717, 1.165) is 27.4 Å². The van der Waals surface area contributed by atoms with Gasteiger partial charge in [0.2, 0.25) is 0 Å². The van der Waals surface area contributed by atoms with Gasteiger partial charge in [0.05, 0.1) is 5.52 Å². The Balaban J connectivity index is 2.39. The topological polar surface area (TPSA) is 32.9 Å². The third-order valence-electron chi connectivity index (χ3n) is 3.10. The lowest BCUT2D eigenvalue weighted by Crippen LogP contribution is -1.97. The number of halogens is 1. The minimum absolute atomic E-state index is 0.136. The molecule has 0 unspecified atom stereocenters. The monoisotopic (exact) mass is 257 g/mol. The van der Waals surface area contributed by atoms with Crippen molar-refractivity contribution < 1.29 is 4.79 Å². The van der Waals surface area contributed by atoms with Crippen molar-refractivity contribution in [3.05, 3.63) is 47.0 Å². The fraction of sp³-hybridized carbons (Fsp3) is 0.133. The molecule has 0 atom stereocenters. The number of nitrogens with one attached hydrogen (secondary N) is 1. The molecule has 3 rings (SSSR count). The van der Waals surface area contributed by atoms with Gasteiger partial charge in [-0.15, -0.1) is 0 Å². The van der Waals surface area contributed by atoms with Gasteiger partial charge in [-0.25, -0.2) is 0 Å². The first-order chi connectivity index (χ1) is 8.65. The smallest absolute Gasteiger partial charge is 0.134 e. The van der Waals surface area contributed by atoms with Crippen molar-refractivity contribution in [2.75, 3.05) is 0 Å². The van der Waals surface area contributed by atoms with Crippen molar-refractivity contribution in [1.29, 1.82) is 0 Å². The van der Waals surface area contributed by atoms with E-state index < -0.39 is 0 Å². The van der Waals surface area contributed by atoms with Crippen molar-refractivity contribution in [2.45, 2.75) is 13.3 Å². The summed E-state index contributed by atoms with van der Waals surface area (Å²) in [6, 6.07) is 11.9. The Labute approximate surface area is 110 Å². The maximum absolute atomic E-state index is 11.3. The van der Waals surface area contributed by atoms with Gasteiger partial charge >= 0.3 is 0 Å². The van der Waals surface area contributed by atoms with Crippen LogP contribution in [0.3, 0.4) is 0 Å². The number of benzene rings is 2. The van der Waals surface area contributed by atoms with E-state index in [0.29, 0.717) is 11.4 Å². The first kappa shape index (κ1) is 11.3. The lowest BCUT2D eigenvalue weighted by molar-refractivity contribution is -0.116. The van der Waals surface area contributed by atoms with E-state index >= 15 is 0 Å². The van der Waals surface area contributed by atoms with Crippen LogP contribution < -0.4 is 0 Å². The lowest BCUT2D eigenvalue weighted by Gasteiger charge is -2.02. The second kappa shape index (κ2) is 4.14. The number of hydrogen-bond acceptors (Lipinski definition) is 1. The molecule has 0 aliphatic rings. The van der Waals surface area contributed by atoms with Crippen LogP contribution in [0.15, 0.2) is 36.4 Å². The number of Topliss-reactive ketones (excluding diaryl/α,β-unsaturated/α-hetero) is 1. The van der Waals surface area contributed by atoms with Gasteiger partial charge in [-0.2, -0.15) is 0 Å². The number of carbonyl (C=O) groups is 1. The molecule has 2 aromatic carbocycles. The molecule has 18 heavy (non-hydrogen) atoms. The second-order valence-electron chi connectivity index (χ2n) is 4.54. The van der Waals surface area contributed by atoms with Crippen LogP contribution in [-0.4, -0.2) is 10.8 Å². The summed E-state index contributed by atoms with van der Waals surface area (Å²) in [4.78, 5) is 14.7. The summed E-state index contributed by atoms with van der Waals surface area (Å²) in [5, 5.41) is 2.89. The number of aromatic amines is 1. The first-order valence-electron chi connectivity index (χ1n) is 5.83. The van der Waals surface area contributed by atoms with Crippen LogP contribution in [0.4, 0.5) is 0 Å². The Kier molecular flexibility index (Phi) is 2.60. The molecule has 1 N–H and O–H groups in total. The van der Waals surface area contributed by atoms with E-state index in [-0.39, 0.29) is 5.78 Å². The number of rotatable bonds is 2. The molecule has 0 bridgehead atoms. The average molecular weight is 258 g/mol. The minimum Gasteiger partial charge on any atom is -0.354 e. The summed E-state index contributed by atoms with van der Waals surface area (Å²) >= 11 is 6.14. The largest absolute Gasteiger partial charge is 0.354 e. The highest BCUT2D eigenvalue weighted by Gasteiger charge is 2.10. The van der Waals surface area contributed by atoms with Gasteiger partial charge in [-0.05, 0) is 30.7 Å². The molecule has 0 saturated heterocycles.